The quantitative estimate of drug-likeness (QED) is 0.861. The summed E-state index contributed by atoms with van der Waals surface area (Å²) in [5.74, 6) is 0.398. The molecule has 0 bridgehead atoms. The molecule has 0 saturated carbocycles. The van der Waals surface area contributed by atoms with Crippen LogP contribution in [0.3, 0.4) is 0 Å². The van der Waals surface area contributed by atoms with E-state index in [2.05, 4.69) is 28.6 Å². The van der Waals surface area contributed by atoms with Crippen LogP contribution in [0.15, 0.2) is 35.8 Å². The van der Waals surface area contributed by atoms with E-state index in [1.165, 1.54) is 16.1 Å². The molecule has 0 radical (unpaired) electrons. The molecule has 0 fully saturated rings. The van der Waals surface area contributed by atoms with Gasteiger partial charge < -0.3 is 5.73 Å². The molecule has 0 amide bonds. The molecule has 2 N–H and O–H groups in total. The van der Waals surface area contributed by atoms with Crippen molar-refractivity contribution < 1.29 is 0 Å². The Morgan fingerprint density at radius 2 is 2.31 bits per heavy atom. The Morgan fingerprint density at radius 1 is 1.38 bits per heavy atom. The molecule has 16 heavy (non-hydrogen) atoms. The zero-order chi connectivity index (χ0) is 11.0. The zero-order valence-corrected chi connectivity index (χ0v) is 9.78. The van der Waals surface area contributed by atoms with E-state index >= 15 is 0 Å². The van der Waals surface area contributed by atoms with Gasteiger partial charge in [-0.25, -0.2) is 0 Å². The van der Waals surface area contributed by atoms with Crippen molar-refractivity contribution in [1.82, 2.24) is 4.98 Å². The molecule has 2 nitrogen and oxygen atoms in total. The molecule has 1 aliphatic carbocycles. The van der Waals surface area contributed by atoms with Crippen LogP contribution in [0.1, 0.15) is 34.5 Å². The first-order valence-electron chi connectivity index (χ1n) is 5.59. The first-order chi connectivity index (χ1) is 7.86. The lowest BCUT2D eigenvalue weighted by molar-refractivity contribution is 0.548. The van der Waals surface area contributed by atoms with Crippen LogP contribution < -0.4 is 5.73 Å². The van der Waals surface area contributed by atoms with E-state index in [-0.39, 0.29) is 6.04 Å². The van der Waals surface area contributed by atoms with Crippen LogP contribution in [0.2, 0.25) is 0 Å². The molecule has 2 unspecified atom stereocenters. The number of nitrogens with zero attached hydrogens (tertiary/aromatic N) is 1. The maximum atomic E-state index is 6.33. The second kappa shape index (κ2) is 4.00. The monoisotopic (exact) mass is 230 g/mol. The molecule has 2 heterocycles. The smallest absolute Gasteiger partial charge is 0.0485 e. The third-order valence-corrected chi connectivity index (χ3v) is 4.28. The van der Waals surface area contributed by atoms with Gasteiger partial charge in [-0.1, -0.05) is 12.1 Å². The molecule has 0 saturated heterocycles. The van der Waals surface area contributed by atoms with Gasteiger partial charge in [0.15, 0.2) is 0 Å². The molecule has 2 aromatic rings. The van der Waals surface area contributed by atoms with Crippen LogP contribution >= 0.6 is 11.3 Å². The number of hydrogen-bond donors (Lipinski definition) is 1. The summed E-state index contributed by atoms with van der Waals surface area (Å²) in [6.07, 6.45) is 4.12. The number of thiophene rings is 1. The van der Waals surface area contributed by atoms with E-state index < -0.39 is 0 Å². The number of hydrogen-bond acceptors (Lipinski definition) is 3. The van der Waals surface area contributed by atoms with E-state index in [1.807, 2.05) is 12.3 Å². The summed E-state index contributed by atoms with van der Waals surface area (Å²) in [7, 11) is 0. The summed E-state index contributed by atoms with van der Waals surface area (Å²) in [5, 5.41) is 2.09. The Hall–Kier alpha value is -1.19. The van der Waals surface area contributed by atoms with Gasteiger partial charge in [-0.3, -0.25) is 4.98 Å². The van der Waals surface area contributed by atoms with E-state index in [4.69, 9.17) is 5.73 Å². The summed E-state index contributed by atoms with van der Waals surface area (Å²) in [6.45, 7) is 0. The van der Waals surface area contributed by atoms with Crippen LogP contribution in [-0.2, 0) is 6.42 Å². The molecule has 3 rings (SSSR count). The summed E-state index contributed by atoms with van der Waals surface area (Å²) in [4.78, 5) is 5.76. The maximum absolute atomic E-state index is 6.33. The third kappa shape index (κ3) is 1.56. The maximum Gasteiger partial charge on any atom is 0.0485 e. The van der Waals surface area contributed by atoms with Gasteiger partial charge in [-0.05, 0) is 35.9 Å². The van der Waals surface area contributed by atoms with Gasteiger partial charge in [0.1, 0.15) is 0 Å². The average Bonchev–Trinajstić information content (AvgIpc) is 2.98. The highest BCUT2D eigenvalue weighted by atomic mass is 32.1. The second-order valence-electron chi connectivity index (χ2n) is 4.23. The molecule has 0 aromatic carbocycles. The molecule has 1 aliphatic rings. The zero-order valence-electron chi connectivity index (χ0n) is 8.97. The summed E-state index contributed by atoms with van der Waals surface area (Å²) < 4.78 is 0. The van der Waals surface area contributed by atoms with Crippen molar-refractivity contribution in [2.24, 2.45) is 5.73 Å². The van der Waals surface area contributed by atoms with E-state index in [0.717, 1.165) is 12.8 Å². The number of rotatable bonds is 2. The van der Waals surface area contributed by atoms with Gasteiger partial charge in [-0.2, -0.15) is 0 Å². The van der Waals surface area contributed by atoms with E-state index in [9.17, 15) is 0 Å². The number of fused-ring (bicyclic) bond motifs is 1. The first-order valence-corrected chi connectivity index (χ1v) is 6.47. The SMILES string of the molecule is NC(c1cccs1)C1CCc2cccnc21. The minimum atomic E-state index is 0.108. The fourth-order valence-electron chi connectivity index (χ4n) is 2.47. The summed E-state index contributed by atoms with van der Waals surface area (Å²) in [6, 6.07) is 8.47. The van der Waals surface area contributed by atoms with Crippen molar-refractivity contribution >= 4 is 11.3 Å². The Balaban J connectivity index is 1.93. The lowest BCUT2D eigenvalue weighted by atomic mass is 9.96. The van der Waals surface area contributed by atoms with E-state index in [1.54, 1.807) is 11.3 Å². The Bertz CT molecular complexity index is 478. The van der Waals surface area contributed by atoms with Crippen LogP contribution in [0, 0.1) is 0 Å². The topological polar surface area (TPSA) is 38.9 Å². The van der Waals surface area contributed by atoms with Crippen molar-refractivity contribution in [3.63, 3.8) is 0 Å². The predicted octanol–water partition coefficient (Wildman–Crippen LogP) is 2.87. The first kappa shape index (κ1) is 10.00. The normalized spacial score (nSPS) is 20.7. The fraction of sp³-hybridized carbons (Fsp3) is 0.308. The molecule has 0 spiro atoms. The molecule has 82 valence electrons. The van der Waals surface area contributed by atoms with Gasteiger partial charge >= 0.3 is 0 Å². The number of pyridine rings is 1. The number of nitrogens with two attached hydrogens (primary N) is 1. The highest BCUT2D eigenvalue weighted by molar-refractivity contribution is 7.10. The molecule has 3 heteroatoms. The number of aryl methyl sites for hydroxylation is 1. The van der Waals surface area contributed by atoms with Gasteiger partial charge in [0.05, 0.1) is 0 Å². The third-order valence-electron chi connectivity index (χ3n) is 3.31. The van der Waals surface area contributed by atoms with Crippen LogP contribution in [0.25, 0.3) is 0 Å². The van der Waals surface area contributed by atoms with Gasteiger partial charge in [0.2, 0.25) is 0 Å². The Morgan fingerprint density at radius 3 is 3.12 bits per heavy atom. The molecule has 2 aromatic heterocycles. The van der Waals surface area contributed by atoms with Gasteiger partial charge in [-0.15, -0.1) is 11.3 Å². The molecular formula is C13H14N2S. The molecule has 2 atom stereocenters. The lowest BCUT2D eigenvalue weighted by Crippen LogP contribution is -2.17. The fourth-order valence-corrected chi connectivity index (χ4v) is 3.27. The van der Waals surface area contributed by atoms with Crippen molar-refractivity contribution in [3.8, 4) is 0 Å². The summed E-state index contributed by atoms with van der Waals surface area (Å²) >= 11 is 1.74. The van der Waals surface area contributed by atoms with Crippen LogP contribution in [0.5, 0.6) is 0 Å². The molecular weight excluding hydrogens is 216 g/mol. The van der Waals surface area contributed by atoms with Crippen LogP contribution in [0.4, 0.5) is 0 Å². The lowest BCUT2D eigenvalue weighted by Gasteiger charge is -2.17. The van der Waals surface area contributed by atoms with Crippen molar-refractivity contribution in [3.05, 3.63) is 52.0 Å². The van der Waals surface area contributed by atoms with Crippen molar-refractivity contribution in [2.75, 3.05) is 0 Å². The van der Waals surface area contributed by atoms with Crippen molar-refractivity contribution in [1.29, 1.82) is 0 Å². The van der Waals surface area contributed by atoms with Crippen molar-refractivity contribution in [2.45, 2.75) is 24.8 Å². The highest BCUT2D eigenvalue weighted by Crippen LogP contribution is 2.40. The Labute approximate surface area is 99.1 Å². The second-order valence-corrected chi connectivity index (χ2v) is 5.21. The standard InChI is InChI=1S/C13H14N2S/c14-12(11-4-2-8-16-11)10-6-5-9-3-1-7-15-13(9)10/h1-4,7-8,10,12H,5-6,14H2. The summed E-state index contributed by atoms with van der Waals surface area (Å²) in [5.41, 5.74) is 8.92. The average molecular weight is 230 g/mol. The minimum Gasteiger partial charge on any atom is -0.323 e. The highest BCUT2D eigenvalue weighted by Gasteiger charge is 2.29. The number of aromatic nitrogens is 1. The van der Waals surface area contributed by atoms with Gasteiger partial charge in [0.25, 0.3) is 0 Å². The minimum absolute atomic E-state index is 0.108. The Kier molecular flexibility index (Phi) is 2.50. The van der Waals surface area contributed by atoms with Gasteiger partial charge in [0, 0.05) is 28.7 Å². The largest absolute Gasteiger partial charge is 0.323 e. The van der Waals surface area contributed by atoms with Crippen LogP contribution in [-0.4, -0.2) is 4.98 Å². The predicted molar refractivity (Wildman–Crippen MR) is 66.5 cm³/mol. The molecule has 0 aliphatic heterocycles. The van der Waals surface area contributed by atoms with E-state index in [0.29, 0.717) is 5.92 Å².